The largest absolute Gasteiger partial charge is 0.455 e. The Hall–Kier alpha value is -2.69. The Morgan fingerprint density at radius 3 is 2.33 bits per heavy atom. The normalized spacial score (nSPS) is 15.3. The Balaban J connectivity index is 1.49. The Morgan fingerprint density at radius 1 is 1.00 bits per heavy atom. The van der Waals surface area contributed by atoms with Gasteiger partial charge in [-0.3, -0.25) is 9.59 Å². The second-order valence-electron chi connectivity index (χ2n) is 6.96. The highest BCUT2D eigenvalue weighted by Crippen LogP contribution is 2.42. The molecule has 0 bridgehead atoms. The maximum Gasteiger partial charge on any atom is 0.317 e. The van der Waals surface area contributed by atoms with Gasteiger partial charge in [0.15, 0.2) is 6.61 Å². The van der Waals surface area contributed by atoms with E-state index in [2.05, 4.69) is 5.32 Å². The fourth-order valence-corrected chi connectivity index (χ4v) is 3.66. The zero-order chi connectivity index (χ0) is 19.1. The topological polar surface area (TPSA) is 55.4 Å². The van der Waals surface area contributed by atoms with Gasteiger partial charge in [0.2, 0.25) is 0 Å². The van der Waals surface area contributed by atoms with Crippen LogP contribution in [0.4, 0.5) is 4.39 Å². The summed E-state index contributed by atoms with van der Waals surface area (Å²) in [7, 11) is 0. The molecule has 0 atom stereocenters. The quantitative estimate of drug-likeness (QED) is 0.760. The number of hydrogen-bond acceptors (Lipinski definition) is 3. The molecule has 0 saturated heterocycles. The van der Waals surface area contributed by atoms with Gasteiger partial charge in [0, 0.05) is 6.54 Å². The van der Waals surface area contributed by atoms with Gasteiger partial charge in [-0.2, -0.15) is 0 Å². The molecule has 1 N–H and O–H groups in total. The van der Waals surface area contributed by atoms with Crippen LogP contribution in [-0.2, 0) is 26.2 Å². The third kappa shape index (κ3) is 4.73. The molecule has 4 nitrogen and oxygen atoms in total. The van der Waals surface area contributed by atoms with E-state index < -0.39 is 5.41 Å². The predicted molar refractivity (Wildman–Crippen MR) is 101 cm³/mol. The number of carbonyl (C=O) groups is 2. The van der Waals surface area contributed by atoms with E-state index in [1.807, 2.05) is 30.3 Å². The van der Waals surface area contributed by atoms with Crippen LogP contribution < -0.4 is 5.32 Å². The molecule has 3 rings (SSSR count). The van der Waals surface area contributed by atoms with Gasteiger partial charge >= 0.3 is 5.97 Å². The van der Waals surface area contributed by atoms with Gasteiger partial charge in [-0.25, -0.2) is 4.39 Å². The molecule has 27 heavy (non-hydrogen) atoms. The monoisotopic (exact) mass is 369 g/mol. The van der Waals surface area contributed by atoms with Gasteiger partial charge in [-0.15, -0.1) is 0 Å². The second kappa shape index (κ2) is 8.80. The minimum Gasteiger partial charge on any atom is -0.455 e. The van der Waals surface area contributed by atoms with Crippen LogP contribution in [0.3, 0.4) is 0 Å². The van der Waals surface area contributed by atoms with Gasteiger partial charge < -0.3 is 10.1 Å². The van der Waals surface area contributed by atoms with Crippen LogP contribution in [0.2, 0.25) is 0 Å². The average molecular weight is 369 g/mol. The molecule has 0 radical (unpaired) electrons. The van der Waals surface area contributed by atoms with Crippen LogP contribution in [-0.4, -0.2) is 25.0 Å². The lowest BCUT2D eigenvalue weighted by atomic mass is 9.79. The SMILES string of the molecule is O=C(COC(=O)C1(c2ccccc2)CCCC1)NCCc1ccc(F)cc1. The molecule has 0 aromatic heterocycles. The molecule has 5 heteroatoms. The zero-order valence-corrected chi connectivity index (χ0v) is 15.2. The average Bonchev–Trinajstić information content (AvgIpc) is 3.19. The molecule has 2 aromatic rings. The van der Waals surface area contributed by atoms with Crippen molar-refractivity contribution in [2.75, 3.05) is 13.2 Å². The summed E-state index contributed by atoms with van der Waals surface area (Å²) in [5.41, 5.74) is 1.27. The van der Waals surface area contributed by atoms with Crippen LogP contribution in [0.5, 0.6) is 0 Å². The smallest absolute Gasteiger partial charge is 0.317 e. The van der Waals surface area contributed by atoms with Crippen molar-refractivity contribution in [3.8, 4) is 0 Å². The zero-order valence-electron chi connectivity index (χ0n) is 15.2. The summed E-state index contributed by atoms with van der Waals surface area (Å²) in [6, 6.07) is 15.8. The van der Waals surface area contributed by atoms with Gasteiger partial charge in [0.1, 0.15) is 5.82 Å². The highest BCUT2D eigenvalue weighted by Gasteiger charge is 2.44. The molecule has 1 amide bonds. The third-order valence-electron chi connectivity index (χ3n) is 5.16. The number of esters is 1. The van der Waals surface area contributed by atoms with E-state index in [0.29, 0.717) is 13.0 Å². The van der Waals surface area contributed by atoms with Gasteiger partial charge in [-0.1, -0.05) is 55.3 Å². The molecule has 0 heterocycles. The maximum atomic E-state index is 12.9. The van der Waals surface area contributed by atoms with E-state index in [-0.39, 0.29) is 24.3 Å². The van der Waals surface area contributed by atoms with Crippen molar-refractivity contribution in [1.29, 1.82) is 0 Å². The Morgan fingerprint density at radius 2 is 1.67 bits per heavy atom. The van der Waals surface area contributed by atoms with Crippen LogP contribution in [0.25, 0.3) is 0 Å². The third-order valence-corrected chi connectivity index (χ3v) is 5.16. The van der Waals surface area contributed by atoms with E-state index in [1.54, 1.807) is 12.1 Å². The summed E-state index contributed by atoms with van der Waals surface area (Å²) in [5, 5.41) is 2.73. The van der Waals surface area contributed by atoms with E-state index in [4.69, 9.17) is 4.74 Å². The number of hydrogen-bond donors (Lipinski definition) is 1. The van der Waals surface area contributed by atoms with Crippen molar-refractivity contribution in [3.63, 3.8) is 0 Å². The van der Waals surface area contributed by atoms with Crippen LogP contribution >= 0.6 is 0 Å². The summed E-state index contributed by atoms with van der Waals surface area (Å²) < 4.78 is 18.2. The van der Waals surface area contributed by atoms with Crippen molar-refractivity contribution in [3.05, 3.63) is 71.5 Å². The molecule has 1 aliphatic carbocycles. The number of rotatable bonds is 7. The lowest BCUT2D eigenvalue weighted by molar-refractivity contribution is -0.154. The van der Waals surface area contributed by atoms with E-state index >= 15 is 0 Å². The van der Waals surface area contributed by atoms with Crippen LogP contribution in [0, 0.1) is 5.82 Å². The van der Waals surface area contributed by atoms with Crippen molar-refractivity contribution in [1.82, 2.24) is 5.32 Å². The minimum absolute atomic E-state index is 0.281. The number of ether oxygens (including phenoxy) is 1. The molecule has 1 fully saturated rings. The molecular weight excluding hydrogens is 345 g/mol. The highest BCUT2D eigenvalue weighted by atomic mass is 19.1. The predicted octanol–water partition coefficient (Wildman–Crippen LogP) is 3.54. The fraction of sp³-hybridized carbons (Fsp3) is 0.364. The number of nitrogens with one attached hydrogen (secondary N) is 1. The van der Waals surface area contributed by atoms with Crippen molar-refractivity contribution >= 4 is 11.9 Å². The Kier molecular flexibility index (Phi) is 6.22. The summed E-state index contributed by atoms with van der Waals surface area (Å²) >= 11 is 0. The molecule has 142 valence electrons. The lowest BCUT2D eigenvalue weighted by Crippen LogP contribution is -2.38. The first-order valence-electron chi connectivity index (χ1n) is 9.34. The molecule has 0 spiro atoms. The fourth-order valence-electron chi connectivity index (χ4n) is 3.66. The summed E-state index contributed by atoms with van der Waals surface area (Å²) in [5.74, 6) is -0.930. The van der Waals surface area contributed by atoms with Crippen LogP contribution in [0.15, 0.2) is 54.6 Å². The minimum atomic E-state index is -0.629. The van der Waals surface area contributed by atoms with E-state index in [1.165, 1.54) is 12.1 Å². The van der Waals surface area contributed by atoms with Crippen molar-refractivity contribution < 1.29 is 18.7 Å². The van der Waals surface area contributed by atoms with Crippen LogP contribution in [0.1, 0.15) is 36.8 Å². The van der Waals surface area contributed by atoms with Crippen molar-refractivity contribution in [2.45, 2.75) is 37.5 Å². The number of halogens is 1. The number of carbonyl (C=O) groups excluding carboxylic acids is 2. The van der Waals surface area contributed by atoms with Gasteiger partial charge in [0.05, 0.1) is 5.41 Å². The first-order valence-corrected chi connectivity index (χ1v) is 9.34. The second-order valence-corrected chi connectivity index (χ2v) is 6.96. The molecule has 0 unspecified atom stereocenters. The number of benzene rings is 2. The first-order chi connectivity index (χ1) is 13.1. The Labute approximate surface area is 158 Å². The lowest BCUT2D eigenvalue weighted by Gasteiger charge is -2.27. The van der Waals surface area contributed by atoms with Gasteiger partial charge in [0.25, 0.3) is 5.91 Å². The van der Waals surface area contributed by atoms with E-state index in [9.17, 15) is 14.0 Å². The molecule has 1 aliphatic rings. The first kappa shape index (κ1) is 19.1. The molecule has 2 aromatic carbocycles. The summed E-state index contributed by atoms with van der Waals surface area (Å²) in [6.07, 6.45) is 4.06. The molecule has 0 aliphatic heterocycles. The summed E-state index contributed by atoms with van der Waals surface area (Å²) in [4.78, 5) is 24.8. The number of amides is 1. The highest BCUT2D eigenvalue weighted by molar-refractivity contribution is 5.86. The van der Waals surface area contributed by atoms with Crippen molar-refractivity contribution in [2.24, 2.45) is 0 Å². The molecular formula is C22H24FNO3. The van der Waals surface area contributed by atoms with E-state index in [0.717, 1.165) is 36.8 Å². The van der Waals surface area contributed by atoms with Gasteiger partial charge in [-0.05, 0) is 42.5 Å². The molecule has 1 saturated carbocycles. The summed E-state index contributed by atoms with van der Waals surface area (Å²) in [6.45, 7) is 0.128. The standard InChI is InChI=1S/C22H24FNO3/c23-19-10-8-17(9-11-19)12-15-24-20(25)16-27-21(26)22(13-4-5-14-22)18-6-2-1-3-7-18/h1-3,6-11H,4-5,12-16H2,(H,24,25). The maximum absolute atomic E-state index is 12.9. The Bertz CT molecular complexity index is 768.